The number of hydrogen-bond donors (Lipinski definition) is 0. The third-order valence-corrected chi connectivity index (χ3v) is 3.21. The molecule has 1 aromatic carbocycles. The number of rotatable bonds is 4. The largest absolute Gasteiger partial charge is 0.191 e. The Hall–Kier alpha value is -0.700. The molecule has 1 aromatic rings. The van der Waals surface area contributed by atoms with Crippen LogP contribution in [0.2, 0.25) is 0 Å². The van der Waals surface area contributed by atoms with Gasteiger partial charge in [-0.05, 0) is 30.5 Å². The van der Waals surface area contributed by atoms with Crippen LogP contribution in [0.4, 0.5) is 0 Å². The topological polar surface area (TPSA) is 24.7 Å². The van der Waals surface area contributed by atoms with Crippen molar-refractivity contribution in [2.75, 3.05) is 0 Å². The Morgan fingerprint density at radius 2 is 1.86 bits per heavy atom. The predicted molar refractivity (Wildman–Crippen MR) is 60.3 cm³/mol. The van der Waals surface area contributed by atoms with Crippen molar-refractivity contribution in [3.05, 3.63) is 34.3 Å². The second-order valence-corrected chi connectivity index (χ2v) is 4.58. The van der Waals surface area contributed by atoms with Crippen molar-refractivity contribution >= 4 is 15.9 Å². The highest BCUT2D eigenvalue weighted by atomic mass is 79.9. The minimum Gasteiger partial charge on any atom is -0.159 e. The van der Waals surface area contributed by atoms with Gasteiger partial charge in [0.25, 0.3) is 0 Å². The van der Waals surface area contributed by atoms with Gasteiger partial charge in [0.05, 0.1) is 0 Å². The van der Waals surface area contributed by atoms with Crippen molar-refractivity contribution in [3.8, 4) is 0 Å². The predicted octanol–water partition coefficient (Wildman–Crippen LogP) is 3.95. The van der Waals surface area contributed by atoms with Crippen LogP contribution in [0.1, 0.15) is 25.3 Å². The van der Waals surface area contributed by atoms with Gasteiger partial charge in [0.1, 0.15) is 0 Å². The lowest BCUT2D eigenvalue weighted by Gasteiger charge is -2.06. The molecule has 14 heavy (non-hydrogen) atoms. The minimum absolute atomic E-state index is 0.0208. The summed E-state index contributed by atoms with van der Waals surface area (Å²) in [6, 6.07) is 8.45. The van der Waals surface area contributed by atoms with Crippen LogP contribution in [-0.4, -0.2) is 5.66 Å². The molecule has 0 aliphatic carbocycles. The summed E-state index contributed by atoms with van der Waals surface area (Å²) in [4.78, 5) is 0. The van der Waals surface area contributed by atoms with Crippen molar-refractivity contribution in [1.29, 1.82) is 0 Å². The second-order valence-electron chi connectivity index (χ2n) is 3.66. The number of halogens is 1. The smallest absolute Gasteiger partial charge is 0.159 e. The van der Waals surface area contributed by atoms with Crippen LogP contribution in [-0.2, 0) is 6.42 Å². The minimum atomic E-state index is -0.0208. The second kappa shape index (κ2) is 3.81. The Bertz CT molecular complexity index is 337. The van der Waals surface area contributed by atoms with Crippen LogP contribution in [0.15, 0.2) is 39.0 Å². The third kappa shape index (κ3) is 2.21. The quantitative estimate of drug-likeness (QED) is 0.776. The van der Waals surface area contributed by atoms with E-state index in [9.17, 15) is 0 Å². The fourth-order valence-electron chi connectivity index (χ4n) is 1.48. The molecule has 0 amide bonds. The van der Waals surface area contributed by atoms with Crippen LogP contribution in [0.5, 0.6) is 0 Å². The molecule has 1 heterocycles. The highest BCUT2D eigenvalue weighted by molar-refractivity contribution is 9.10. The molecule has 2 nitrogen and oxygen atoms in total. The Kier molecular flexibility index (Phi) is 2.68. The Morgan fingerprint density at radius 3 is 2.36 bits per heavy atom. The van der Waals surface area contributed by atoms with Gasteiger partial charge < -0.3 is 0 Å². The van der Waals surface area contributed by atoms with Gasteiger partial charge in [-0.3, -0.25) is 0 Å². The van der Waals surface area contributed by atoms with E-state index in [-0.39, 0.29) is 5.66 Å². The van der Waals surface area contributed by atoms with Crippen LogP contribution < -0.4 is 0 Å². The van der Waals surface area contributed by atoms with Crippen molar-refractivity contribution < 1.29 is 0 Å². The average Bonchev–Trinajstić information content (AvgIpc) is 2.98. The monoisotopic (exact) mass is 252 g/mol. The molecule has 0 aromatic heterocycles. The Morgan fingerprint density at radius 1 is 1.21 bits per heavy atom. The molecule has 0 saturated carbocycles. The fourth-order valence-corrected chi connectivity index (χ4v) is 1.75. The SMILES string of the molecule is CCC1(CCc2ccc(Br)cc2)N=N1. The van der Waals surface area contributed by atoms with Crippen molar-refractivity contribution in [1.82, 2.24) is 0 Å². The zero-order valence-electron chi connectivity index (χ0n) is 8.20. The molecular weight excluding hydrogens is 240 g/mol. The van der Waals surface area contributed by atoms with Gasteiger partial charge in [0, 0.05) is 10.9 Å². The van der Waals surface area contributed by atoms with Gasteiger partial charge >= 0.3 is 0 Å². The lowest BCUT2D eigenvalue weighted by molar-refractivity contribution is 0.530. The fraction of sp³-hybridized carbons (Fsp3) is 0.455. The lowest BCUT2D eigenvalue weighted by atomic mass is 10.0. The molecule has 0 bridgehead atoms. The number of benzene rings is 1. The molecule has 1 aliphatic heterocycles. The molecule has 0 unspecified atom stereocenters. The van der Waals surface area contributed by atoms with E-state index in [1.54, 1.807) is 0 Å². The zero-order valence-corrected chi connectivity index (χ0v) is 9.79. The molecule has 1 aliphatic rings. The summed E-state index contributed by atoms with van der Waals surface area (Å²) in [5, 5.41) is 8.20. The summed E-state index contributed by atoms with van der Waals surface area (Å²) in [6.07, 6.45) is 3.14. The summed E-state index contributed by atoms with van der Waals surface area (Å²) in [6.45, 7) is 2.14. The van der Waals surface area contributed by atoms with E-state index in [2.05, 4.69) is 57.3 Å². The maximum absolute atomic E-state index is 4.10. The van der Waals surface area contributed by atoms with Crippen LogP contribution in [0, 0.1) is 0 Å². The van der Waals surface area contributed by atoms with Crippen molar-refractivity contribution in [2.45, 2.75) is 31.8 Å². The lowest BCUT2D eigenvalue weighted by Crippen LogP contribution is -2.09. The van der Waals surface area contributed by atoms with E-state index in [4.69, 9.17) is 0 Å². The summed E-state index contributed by atoms with van der Waals surface area (Å²) >= 11 is 3.43. The summed E-state index contributed by atoms with van der Waals surface area (Å²) in [5.41, 5.74) is 1.34. The van der Waals surface area contributed by atoms with Gasteiger partial charge in [0.2, 0.25) is 0 Å². The first kappa shape index (κ1) is 9.84. The zero-order chi connectivity index (χ0) is 10.0. The summed E-state index contributed by atoms with van der Waals surface area (Å²) in [7, 11) is 0. The van der Waals surface area contributed by atoms with Crippen LogP contribution in [0.3, 0.4) is 0 Å². The van der Waals surface area contributed by atoms with E-state index in [0.717, 1.165) is 23.7 Å². The average molecular weight is 253 g/mol. The van der Waals surface area contributed by atoms with Gasteiger partial charge in [-0.25, -0.2) is 0 Å². The van der Waals surface area contributed by atoms with Crippen molar-refractivity contribution in [2.24, 2.45) is 10.2 Å². The molecular formula is C11H13BrN2. The normalized spacial score (nSPS) is 17.0. The van der Waals surface area contributed by atoms with Crippen LogP contribution >= 0.6 is 15.9 Å². The number of aryl methyl sites for hydroxylation is 1. The van der Waals surface area contributed by atoms with Crippen molar-refractivity contribution in [3.63, 3.8) is 0 Å². The van der Waals surface area contributed by atoms with Crippen LogP contribution in [0.25, 0.3) is 0 Å². The molecule has 3 heteroatoms. The van der Waals surface area contributed by atoms with Gasteiger partial charge in [-0.15, -0.1) is 0 Å². The maximum atomic E-state index is 4.10. The highest BCUT2D eigenvalue weighted by Crippen LogP contribution is 2.36. The molecule has 0 atom stereocenters. The van der Waals surface area contributed by atoms with E-state index in [1.165, 1.54) is 5.56 Å². The Balaban J connectivity index is 1.89. The summed E-state index contributed by atoms with van der Waals surface area (Å²) in [5.74, 6) is 0. The standard InChI is InChI=1S/C11H13BrN2/c1-2-11(13-14-11)8-7-9-3-5-10(12)6-4-9/h3-6H,2,7-8H2,1H3. The first-order chi connectivity index (χ1) is 6.74. The van der Waals surface area contributed by atoms with Gasteiger partial charge in [0.15, 0.2) is 5.66 Å². The third-order valence-electron chi connectivity index (χ3n) is 2.68. The molecule has 0 fully saturated rings. The highest BCUT2D eigenvalue weighted by Gasteiger charge is 2.36. The van der Waals surface area contributed by atoms with E-state index < -0.39 is 0 Å². The molecule has 0 spiro atoms. The summed E-state index contributed by atoms with van der Waals surface area (Å²) < 4.78 is 1.13. The first-order valence-electron chi connectivity index (χ1n) is 4.93. The van der Waals surface area contributed by atoms with E-state index in [1.807, 2.05) is 0 Å². The van der Waals surface area contributed by atoms with Gasteiger partial charge in [-0.1, -0.05) is 35.0 Å². The van der Waals surface area contributed by atoms with E-state index in [0.29, 0.717) is 0 Å². The first-order valence-corrected chi connectivity index (χ1v) is 5.72. The molecule has 2 rings (SSSR count). The Labute approximate surface area is 92.6 Å². The molecule has 0 N–H and O–H groups in total. The molecule has 0 saturated heterocycles. The molecule has 0 radical (unpaired) electrons. The number of hydrogen-bond acceptors (Lipinski definition) is 2. The van der Waals surface area contributed by atoms with Gasteiger partial charge in [-0.2, -0.15) is 10.2 Å². The number of nitrogens with zero attached hydrogens (tertiary/aromatic N) is 2. The van der Waals surface area contributed by atoms with E-state index >= 15 is 0 Å². The molecule has 74 valence electrons. The maximum Gasteiger partial charge on any atom is 0.191 e.